The number of fused-ring (bicyclic) bond motifs is 11. The molecule has 10 heteroatoms. The van der Waals surface area contributed by atoms with Crippen LogP contribution in [0.25, 0.3) is 44.9 Å². The number of rotatable bonds is 9. The quantitative estimate of drug-likeness (QED) is 0.128. The summed E-state index contributed by atoms with van der Waals surface area (Å²) in [7, 11) is 2.93. The summed E-state index contributed by atoms with van der Waals surface area (Å²) in [5.74, 6) is -1.60. The molecule has 0 spiro atoms. The lowest BCUT2D eigenvalue weighted by Crippen LogP contribution is -2.39. The van der Waals surface area contributed by atoms with Crippen molar-refractivity contribution in [1.82, 2.24) is 19.9 Å². The van der Waals surface area contributed by atoms with Crippen molar-refractivity contribution in [1.29, 1.82) is 0 Å². The molecule has 47 heavy (non-hydrogen) atoms. The number of carboxylic acids is 1. The number of hydrogen-bond acceptors (Lipinski definition) is 7. The fourth-order valence-corrected chi connectivity index (χ4v) is 7.02. The molecule has 0 saturated carbocycles. The molecule has 2 unspecified atom stereocenters. The SMILES string of the molecule is C=Cc1c(C)c2cc3[nH]c(cc4nc(cc5nc(cc1[nH]2)C1(C)C5=CC=C(C(=O)O)C1COOC)C(C)=C4C)c(CCOOC)c3C. The maximum Gasteiger partial charge on any atom is 0.331 e. The maximum atomic E-state index is 12.5. The average Bonchev–Trinajstić information content (AvgIpc) is 3.68. The van der Waals surface area contributed by atoms with Crippen molar-refractivity contribution < 1.29 is 29.5 Å². The number of carbonyl (C=O) groups is 1. The van der Waals surface area contributed by atoms with Gasteiger partial charge < -0.3 is 15.1 Å². The lowest BCUT2D eigenvalue weighted by atomic mass is 9.64. The zero-order chi connectivity index (χ0) is 33.6. The number of carboxylic acid groups (broad SMARTS) is 1. The second-order valence-corrected chi connectivity index (χ2v) is 12.3. The number of nitrogens with zero attached hydrogens (tertiary/aromatic N) is 2. The van der Waals surface area contributed by atoms with Crippen LogP contribution in [0.1, 0.15) is 65.8 Å². The Morgan fingerprint density at radius 1 is 0.894 bits per heavy atom. The third-order valence-corrected chi connectivity index (χ3v) is 9.98. The average molecular weight is 637 g/mol. The van der Waals surface area contributed by atoms with Crippen LogP contribution in [0.4, 0.5) is 0 Å². The number of hydrogen-bond donors (Lipinski definition) is 3. The van der Waals surface area contributed by atoms with E-state index in [1.807, 2.05) is 31.2 Å². The summed E-state index contributed by atoms with van der Waals surface area (Å²) >= 11 is 0. The molecule has 3 aromatic heterocycles. The largest absolute Gasteiger partial charge is 0.478 e. The van der Waals surface area contributed by atoms with Crippen LogP contribution in [-0.2, 0) is 36.2 Å². The molecule has 2 atom stereocenters. The smallest absolute Gasteiger partial charge is 0.331 e. The highest BCUT2D eigenvalue weighted by atomic mass is 17.2. The molecule has 3 N–H and O–H groups in total. The fraction of sp³-hybridized carbons (Fsp3) is 0.324. The van der Waals surface area contributed by atoms with Crippen LogP contribution in [0.5, 0.6) is 0 Å². The summed E-state index contributed by atoms with van der Waals surface area (Å²) in [6, 6.07) is 8.20. The Morgan fingerprint density at radius 2 is 1.57 bits per heavy atom. The lowest BCUT2D eigenvalue weighted by molar-refractivity contribution is -0.279. The standard InChI is InChI=1S/C37H40N4O6/c1-9-23-21(4)30-14-31-22(5)24(12-13-46-44-7)32(39-31)15-28-19(2)20(3)29(38-28)16-34-26-11-10-25(36(42)43)27(18-47-45-8)37(26,6)35(41-34)17-33(23)40-30/h9-11,14-17,27,39-40H,1,12-13,18H2,2-8H3,(H,42,43). The summed E-state index contributed by atoms with van der Waals surface area (Å²) in [5, 5.41) is 10.2. The molecule has 0 amide bonds. The molecule has 10 nitrogen and oxygen atoms in total. The van der Waals surface area contributed by atoms with Crippen molar-refractivity contribution >= 4 is 50.8 Å². The van der Waals surface area contributed by atoms with Crippen molar-refractivity contribution in [3.63, 3.8) is 0 Å². The molecule has 2 aliphatic heterocycles. The second kappa shape index (κ2) is 12.5. The van der Waals surface area contributed by atoms with Crippen molar-refractivity contribution in [2.75, 3.05) is 27.4 Å². The summed E-state index contributed by atoms with van der Waals surface area (Å²) in [4.78, 5) is 50.6. The summed E-state index contributed by atoms with van der Waals surface area (Å²) in [5.41, 5.74) is 13.2. The Balaban J connectivity index is 1.74. The van der Waals surface area contributed by atoms with Gasteiger partial charge in [-0.2, -0.15) is 0 Å². The third-order valence-electron chi connectivity index (χ3n) is 9.98. The predicted molar refractivity (Wildman–Crippen MR) is 183 cm³/mol. The highest BCUT2D eigenvalue weighted by Gasteiger charge is 2.50. The number of aromatic nitrogens is 4. The van der Waals surface area contributed by atoms with Crippen molar-refractivity contribution in [3.05, 3.63) is 93.6 Å². The van der Waals surface area contributed by atoms with E-state index in [0.717, 1.165) is 72.4 Å². The molecular formula is C37H40N4O6. The Morgan fingerprint density at radius 3 is 2.26 bits per heavy atom. The predicted octanol–water partition coefficient (Wildman–Crippen LogP) is 7.21. The Bertz CT molecular complexity index is 2060. The van der Waals surface area contributed by atoms with Crippen LogP contribution in [0.3, 0.4) is 0 Å². The first-order valence-electron chi connectivity index (χ1n) is 15.6. The van der Waals surface area contributed by atoms with Crippen molar-refractivity contribution in [2.45, 2.75) is 46.5 Å². The molecule has 0 fully saturated rings. The highest BCUT2D eigenvalue weighted by molar-refractivity contribution is 5.95. The zero-order valence-electron chi connectivity index (χ0n) is 27.8. The van der Waals surface area contributed by atoms with Gasteiger partial charge in [0.05, 0.1) is 50.2 Å². The summed E-state index contributed by atoms with van der Waals surface area (Å²) < 4.78 is 0. The molecule has 244 valence electrons. The van der Waals surface area contributed by atoms with Crippen LogP contribution < -0.4 is 0 Å². The van der Waals surface area contributed by atoms with Gasteiger partial charge in [0.2, 0.25) is 0 Å². The second-order valence-electron chi connectivity index (χ2n) is 12.3. The zero-order valence-corrected chi connectivity index (χ0v) is 27.8. The minimum absolute atomic E-state index is 0.0253. The molecule has 8 bridgehead atoms. The Kier molecular flexibility index (Phi) is 8.62. The van der Waals surface area contributed by atoms with Crippen LogP contribution in [0.15, 0.2) is 48.6 Å². The number of aliphatic carboxylic acids is 1. The van der Waals surface area contributed by atoms with E-state index >= 15 is 0 Å². The van der Waals surface area contributed by atoms with E-state index in [1.54, 1.807) is 6.08 Å². The van der Waals surface area contributed by atoms with Gasteiger partial charge in [0.15, 0.2) is 0 Å². The summed E-state index contributed by atoms with van der Waals surface area (Å²) in [6.07, 6.45) is 5.99. The molecule has 0 saturated heterocycles. The number of allylic oxidation sites excluding steroid dienone is 5. The number of aromatic amines is 2. The van der Waals surface area contributed by atoms with E-state index in [-0.39, 0.29) is 12.2 Å². The molecule has 5 heterocycles. The first-order chi connectivity index (χ1) is 22.5. The van der Waals surface area contributed by atoms with Gasteiger partial charge in [-0.1, -0.05) is 24.8 Å². The first kappa shape index (κ1) is 32.3. The molecule has 6 rings (SSSR count). The van der Waals surface area contributed by atoms with Crippen LogP contribution in [-0.4, -0.2) is 58.4 Å². The fourth-order valence-electron chi connectivity index (χ4n) is 7.02. The Labute approximate surface area is 273 Å². The van der Waals surface area contributed by atoms with Gasteiger partial charge in [-0.05, 0) is 92.3 Å². The molecule has 1 aliphatic carbocycles. The van der Waals surface area contributed by atoms with E-state index in [1.165, 1.54) is 14.2 Å². The van der Waals surface area contributed by atoms with Crippen molar-refractivity contribution in [3.8, 4) is 0 Å². The van der Waals surface area contributed by atoms with Crippen LogP contribution >= 0.6 is 0 Å². The van der Waals surface area contributed by atoms with E-state index in [4.69, 9.17) is 29.5 Å². The van der Waals surface area contributed by atoms with Gasteiger partial charge >= 0.3 is 5.97 Å². The summed E-state index contributed by atoms with van der Waals surface area (Å²) in [6.45, 7) is 14.9. The first-order valence-corrected chi connectivity index (χ1v) is 15.6. The lowest BCUT2D eigenvalue weighted by Gasteiger charge is -2.37. The molecular weight excluding hydrogens is 596 g/mol. The molecule has 0 aromatic carbocycles. The van der Waals surface area contributed by atoms with Crippen molar-refractivity contribution in [2.24, 2.45) is 5.92 Å². The number of nitrogens with one attached hydrogen (secondary N) is 2. The normalized spacial score (nSPS) is 19.0. The van der Waals surface area contributed by atoms with E-state index in [2.05, 4.69) is 56.4 Å². The topological polar surface area (TPSA) is 132 Å². The van der Waals surface area contributed by atoms with E-state index in [9.17, 15) is 9.90 Å². The monoisotopic (exact) mass is 636 g/mol. The molecule has 3 aromatic rings. The minimum atomic E-state index is -1.02. The van der Waals surface area contributed by atoms with Gasteiger partial charge in [-0.3, -0.25) is 4.98 Å². The third kappa shape index (κ3) is 5.37. The van der Waals surface area contributed by atoms with E-state index in [0.29, 0.717) is 24.4 Å². The molecule has 3 aliphatic rings. The van der Waals surface area contributed by atoms with Crippen LogP contribution in [0, 0.1) is 19.8 Å². The minimum Gasteiger partial charge on any atom is -0.478 e. The Hall–Kier alpha value is -4.61. The van der Waals surface area contributed by atoms with E-state index < -0.39 is 17.3 Å². The van der Waals surface area contributed by atoms with Gasteiger partial charge in [0, 0.05) is 51.0 Å². The van der Waals surface area contributed by atoms with Crippen LogP contribution in [0.2, 0.25) is 0 Å². The van der Waals surface area contributed by atoms with Gasteiger partial charge in [-0.15, -0.1) is 0 Å². The highest BCUT2D eigenvalue weighted by Crippen LogP contribution is 2.52. The van der Waals surface area contributed by atoms with Gasteiger partial charge in [-0.25, -0.2) is 29.3 Å². The molecule has 0 radical (unpaired) electrons. The number of aryl methyl sites for hydroxylation is 2. The number of H-pyrrole nitrogens is 2. The maximum absolute atomic E-state index is 12.5. The van der Waals surface area contributed by atoms with Gasteiger partial charge in [0.1, 0.15) is 0 Å². The van der Waals surface area contributed by atoms with Gasteiger partial charge in [0.25, 0.3) is 0 Å².